The summed E-state index contributed by atoms with van der Waals surface area (Å²) in [5, 5.41) is 2.91. The Kier molecular flexibility index (Phi) is 18.0. The molecular formula is C18H20N2OY4-2. The van der Waals surface area contributed by atoms with Gasteiger partial charge in [0, 0.05) is 142 Å². The quantitative estimate of drug-likeness (QED) is 0.391. The minimum Gasteiger partial charge on any atom is -0.398 e. The molecule has 3 nitrogen and oxygen atoms in total. The molecule has 0 atom stereocenters. The molecule has 2 rings (SSSR count). The fraction of sp³-hybridized carbons (Fsp3) is 0.278. The Balaban J connectivity index is -0.00000121. The summed E-state index contributed by atoms with van der Waals surface area (Å²) in [6.45, 7) is 9.73. The molecule has 7 heteroatoms. The summed E-state index contributed by atoms with van der Waals surface area (Å²) in [4.78, 5) is 12.6. The molecule has 0 bridgehead atoms. The topological polar surface area (TPSA) is 55.1 Å². The van der Waals surface area contributed by atoms with E-state index in [4.69, 9.17) is 5.73 Å². The summed E-state index contributed by atoms with van der Waals surface area (Å²) in [5.74, 6) is -0.148. The normalized spacial score (nSPS) is 8.84. The molecule has 25 heavy (non-hydrogen) atoms. The van der Waals surface area contributed by atoms with E-state index in [9.17, 15) is 4.79 Å². The Labute approximate surface area is 251 Å². The van der Waals surface area contributed by atoms with Gasteiger partial charge in [0.2, 0.25) is 0 Å². The second-order valence-corrected chi connectivity index (χ2v) is 5.40. The average Bonchev–Trinajstić information content (AvgIpc) is 2.46. The standard InChI is InChI=1S/C18H20N2O.4Y/c1-10-8-6-7-9-15(10)20-18(21)16-12(3)11(2)13(4)17(19)14(16)5;;;;/h7-8H,19H2,1-5H3,(H,20,21);;;;/q-2;;;;. The van der Waals surface area contributed by atoms with Crippen molar-refractivity contribution in [3.63, 3.8) is 0 Å². The van der Waals surface area contributed by atoms with Crippen molar-refractivity contribution in [2.75, 3.05) is 11.1 Å². The summed E-state index contributed by atoms with van der Waals surface area (Å²) in [6.07, 6.45) is 0. The van der Waals surface area contributed by atoms with Crippen LogP contribution in [0.15, 0.2) is 12.1 Å². The van der Waals surface area contributed by atoms with Gasteiger partial charge in [-0.25, -0.2) is 0 Å². The average molecular weight is 636 g/mol. The summed E-state index contributed by atoms with van der Waals surface area (Å²) < 4.78 is 0. The zero-order valence-corrected chi connectivity index (χ0v) is 26.8. The molecule has 0 fully saturated rings. The molecule has 0 aliphatic rings. The van der Waals surface area contributed by atoms with Gasteiger partial charge in [-0.2, -0.15) is 5.69 Å². The van der Waals surface area contributed by atoms with Crippen LogP contribution in [-0.4, -0.2) is 5.91 Å². The number of amides is 1. The second-order valence-electron chi connectivity index (χ2n) is 5.40. The molecule has 122 valence electrons. The molecule has 0 unspecified atom stereocenters. The first-order valence-corrected chi connectivity index (χ1v) is 6.90. The van der Waals surface area contributed by atoms with Gasteiger partial charge in [0.25, 0.3) is 5.91 Å². The number of nitrogens with one attached hydrogen (secondary N) is 1. The van der Waals surface area contributed by atoms with Crippen LogP contribution >= 0.6 is 0 Å². The Bertz CT molecular complexity index is 704. The fourth-order valence-electron chi connectivity index (χ4n) is 2.49. The van der Waals surface area contributed by atoms with Crippen molar-refractivity contribution in [3.8, 4) is 0 Å². The summed E-state index contributed by atoms with van der Waals surface area (Å²) in [7, 11) is 0. The molecule has 0 saturated carbocycles. The molecule has 2 aromatic rings. The van der Waals surface area contributed by atoms with Gasteiger partial charge in [0.15, 0.2) is 0 Å². The number of carbonyl (C=O) groups excluding carboxylic acids is 1. The minimum absolute atomic E-state index is 0. The van der Waals surface area contributed by atoms with Gasteiger partial charge in [-0.1, -0.05) is 0 Å². The van der Waals surface area contributed by atoms with Crippen LogP contribution in [0.3, 0.4) is 0 Å². The monoisotopic (exact) mass is 636 g/mol. The number of hydrogen-bond acceptors (Lipinski definition) is 2. The number of carbonyl (C=O) groups is 1. The molecule has 0 aliphatic heterocycles. The first-order chi connectivity index (χ1) is 9.84. The number of aryl methyl sites for hydroxylation is 1. The van der Waals surface area contributed by atoms with Crippen LogP contribution in [-0.2, 0) is 131 Å². The van der Waals surface area contributed by atoms with Crippen molar-refractivity contribution < 1.29 is 136 Å². The zero-order valence-electron chi connectivity index (χ0n) is 15.4. The number of benzene rings is 2. The molecule has 0 heterocycles. The number of nitrogen functional groups attached to an aromatic ring is 1. The molecule has 0 spiro atoms. The largest absolute Gasteiger partial charge is 0.398 e. The van der Waals surface area contributed by atoms with Crippen LogP contribution in [0.4, 0.5) is 11.4 Å². The summed E-state index contributed by atoms with van der Waals surface area (Å²) >= 11 is 0. The molecule has 0 aromatic heterocycles. The third-order valence-electron chi connectivity index (χ3n) is 4.14. The van der Waals surface area contributed by atoms with Crippen LogP contribution in [0.25, 0.3) is 0 Å². The van der Waals surface area contributed by atoms with E-state index in [1.54, 1.807) is 6.07 Å². The molecule has 3 N–H and O–H groups in total. The van der Waals surface area contributed by atoms with Crippen molar-refractivity contribution >= 4 is 17.3 Å². The van der Waals surface area contributed by atoms with Crippen LogP contribution < -0.4 is 11.1 Å². The summed E-state index contributed by atoms with van der Waals surface area (Å²) in [6, 6.07) is 9.42. The molecule has 4 radical (unpaired) electrons. The Hall–Kier alpha value is 2.13. The zero-order chi connectivity index (χ0) is 15.7. The van der Waals surface area contributed by atoms with E-state index >= 15 is 0 Å². The molecule has 2 aromatic carbocycles. The maximum atomic E-state index is 12.6. The van der Waals surface area contributed by atoms with Gasteiger partial charge in [0.05, 0.1) is 0 Å². The van der Waals surface area contributed by atoms with E-state index in [1.807, 2.05) is 40.7 Å². The van der Waals surface area contributed by atoms with Gasteiger partial charge >= 0.3 is 0 Å². The Morgan fingerprint density at radius 3 is 2.00 bits per heavy atom. The van der Waals surface area contributed by atoms with Crippen molar-refractivity contribution in [3.05, 3.63) is 57.6 Å². The number of hydrogen-bond donors (Lipinski definition) is 2. The molecular weight excluding hydrogens is 616 g/mol. The fourth-order valence-corrected chi connectivity index (χ4v) is 2.49. The smallest absolute Gasteiger partial charge is 0.252 e. The van der Waals surface area contributed by atoms with Crippen molar-refractivity contribution in [1.29, 1.82) is 0 Å². The second kappa shape index (κ2) is 14.2. The number of nitrogens with two attached hydrogens (primary N) is 1. The SMILES string of the molecule is Cc1c[c-]c[c-]c1NC(=O)c1c(C)c(C)c(C)c(N)c1C.[Y].[Y].[Y].[Y]. The van der Waals surface area contributed by atoms with Gasteiger partial charge in [-0.05, 0) is 49.9 Å². The minimum atomic E-state index is -0.148. The van der Waals surface area contributed by atoms with Crippen LogP contribution in [0.1, 0.15) is 38.2 Å². The number of anilines is 2. The third-order valence-corrected chi connectivity index (χ3v) is 4.14. The van der Waals surface area contributed by atoms with Gasteiger partial charge < -0.3 is 29.2 Å². The van der Waals surface area contributed by atoms with E-state index < -0.39 is 0 Å². The van der Waals surface area contributed by atoms with Gasteiger partial charge in [0.1, 0.15) is 0 Å². The van der Waals surface area contributed by atoms with Crippen LogP contribution in [0.5, 0.6) is 0 Å². The van der Waals surface area contributed by atoms with Crippen molar-refractivity contribution in [2.24, 2.45) is 0 Å². The van der Waals surface area contributed by atoms with Gasteiger partial charge in [-0.3, -0.25) is 16.4 Å². The first-order valence-electron chi connectivity index (χ1n) is 6.90. The predicted molar refractivity (Wildman–Crippen MR) is 86.6 cm³/mol. The van der Waals surface area contributed by atoms with E-state index in [2.05, 4.69) is 17.4 Å². The Morgan fingerprint density at radius 1 is 0.920 bits per heavy atom. The Morgan fingerprint density at radius 2 is 1.48 bits per heavy atom. The van der Waals surface area contributed by atoms with Gasteiger partial charge in [-0.15, -0.1) is 6.92 Å². The number of rotatable bonds is 2. The maximum absolute atomic E-state index is 12.6. The van der Waals surface area contributed by atoms with Crippen molar-refractivity contribution in [2.45, 2.75) is 34.6 Å². The first kappa shape index (κ1) is 31.8. The molecule has 1 amide bonds. The van der Waals surface area contributed by atoms with Crippen molar-refractivity contribution in [1.82, 2.24) is 0 Å². The van der Waals surface area contributed by atoms with Crippen LogP contribution in [0, 0.1) is 46.8 Å². The third kappa shape index (κ3) is 7.47. The van der Waals surface area contributed by atoms with E-state index in [0.29, 0.717) is 16.9 Å². The van der Waals surface area contributed by atoms with E-state index in [1.165, 1.54) is 0 Å². The summed E-state index contributed by atoms with van der Waals surface area (Å²) in [5.41, 5.74) is 13.0. The molecule has 0 aliphatic carbocycles. The predicted octanol–water partition coefficient (Wildman–Crippen LogP) is 3.65. The van der Waals surface area contributed by atoms with Crippen LogP contribution in [0.2, 0.25) is 0 Å². The van der Waals surface area contributed by atoms with E-state index in [-0.39, 0.29) is 137 Å². The molecule has 0 saturated heterocycles. The maximum Gasteiger partial charge on any atom is 0.252 e. The van der Waals surface area contributed by atoms with E-state index in [0.717, 1.165) is 27.8 Å².